The topological polar surface area (TPSA) is 90.8 Å². The number of fused-ring (bicyclic) bond motifs is 1. The van der Waals surface area contributed by atoms with Crippen molar-refractivity contribution in [3.63, 3.8) is 0 Å². The van der Waals surface area contributed by atoms with E-state index in [-0.39, 0.29) is 29.5 Å². The molecule has 2 aliphatic rings. The van der Waals surface area contributed by atoms with Crippen molar-refractivity contribution in [3.8, 4) is 0 Å². The highest BCUT2D eigenvalue weighted by Gasteiger charge is 2.31. The Bertz CT molecular complexity index is 1040. The third kappa shape index (κ3) is 4.12. The van der Waals surface area contributed by atoms with E-state index in [1.807, 2.05) is 29.7 Å². The molecule has 2 saturated heterocycles. The zero-order chi connectivity index (χ0) is 22.1. The van der Waals surface area contributed by atoms with Crippen LogP contribution in [0.1, 0.15) is 81.8 Å². The lowest BCUT2D eigenvalue weighted by Gasteiger charge is -2.33. The van der Waals surface area contributed by atoms with E-state index in [1.165, 1.54) is 10.9 Å². The van der Waals surface area contributed by atoms with Crippen LogP contribution in [0.25, 0.3) is 5.65 Å². The van der Waals surface area contributed by atoms with E-state index in [2.05, 4.69) is 17.0 Å². The number of rotatable bonds is 5. The molecule has 8 nitrogen and oxygen atoms in total. The molecule has 0 aliphatic carbocycles. The number of amides is 2. The summed E-state index contributed by atoms with van der Waals surface area (Å²) in [6.07, 6.45) is 6.28. The number of aryl methyl sites for hydroxylation is 1. The molecule has 0 aromatic carbocycles. The molecule has 2 fully saturated rings. The normalized spacial score (nSPS) is 21.8. The average molecular weight is 428 g/mol. The molecule has 4 heterocycles. The zero-order valence-corrected chi connectivity index (χ0v) is 18.8. The number of hydrogen-bond acceptors (Lipinski definition) is 4. The SMILES string of the molecule is CCC(=O)N1CCCC1c1cc2nc(C)c(CCC(=O)N3CCCCC3C)c(=O)n2[nH]1. The van der Waals surface area contributed by atoms with Crippen molar-refractivity contribution < 1.29 is 9.59 Å². The number of H-pyrrole nitrogens is 1. The van der Waals surface area contributed by atoms with Crippen LogP contribution in [0.4, 0.5) is 0 Å². The number of aromatic nitrogens is 3. The Morgan fingerprint density at radius 2 is 1.90 bits per heavy atom. The molecule has 2 aliphatic heterocycles. The summed E-state index contributed by atoms with van der Waals surface area (Å²) in [6, 6.07) is 2.11. The van der Waals surface area contributed by atoms with Crippen molar-refractivity contribution in [2.75, 3.05) is 13.1 Å². The first-order chi connectivity index (χ1) is 14.9. The molecule has 2 atom stereocenters. The summed E-state index contributed by atoms with van der Waals surface area (Å²) in [5.74, 6) is 0.242. The van der Waals surface area contributed by atoms with Crippen LogP contribution in [0.15, 0.2) is 10.9 Å². The van der Waals surface area contributed by atoms with E-state index in [0.717, 1.165) is 44.5 Å². The van der Waals surface area contributed by atoms with Gasteiger partial charge in [0.2, 0.25) is 11.8 Å². The molecule has 0 spiro atoms. The van der Waals surface area contributed by atoms with Gasteiger partial charge in [-0.2, -0.15) is 0 Å². The number of hydrogen-bond donors (Lipinski definition) is 1. The highest BCUT2D eigenvalue weighted by molar-refractivity contribution is 5.77. The highest BCUT2D eigenvalue weighted by atomic mass is 16.2. The van der Waals surface area contributed by atoms with Gasteiger partial charge in [0, 0.05) is 49.3 Å². The molecule has 31 heavy (non-hydrogen) atoms. The largest absolute Gasteiger partial charge is 0.340 e. The van der Waals surface area contributed by atoms with Gasteiger partial charge in [-0.15, -0.1) is 0 Å². The third-order valence-electron chi connectivity index (χ3n) is 6.88. The summed E-state index contributed by atoms with van der Waals surface area (Å²) in [5, 5.41) is 3.19. The number of carbonyl (C=O) groups is 2. The van der Waals surface area contributed by atoms with Gasteiger partial charge in [0.05, 0.1) is 11.7 Å². The third-order valence-corrected chi connectivity index (χ3v) is 6.88. The quantitative estimate of drug-likeness (QED) is 0.794. The van der Waals surface area contributed by atoms with E-state index in [9.17, 15) is 14.4 Å². The average Bonchev–Trinajstić information content (AvgIpc) is 3.40. The molecule has 0 radical (unpaired) electrons. The predicted octanol–water partition coefficient (Wildman–Crippen LogP) is 2.74. The zero-order valence-electron chi connectivity index (χ0n) is 18.8. The van der Waals surface area contributed by atoms with Crippen LogP contribution in [0.2, 0.25) is 0 Å². The Morgan fingerprint density at radius 3 is 2.65 bits per heavy atom. The van der Waals surface area contributed by atoms with Gasteiger partial charge in [0.15, 0.2) is 5.65 Å². The number of piperidine rings is 1. The maximum Gasteiger partial charge on any atom is 0.276 e. The smallest absolute Gasteiger partial charge is 0.276 e. The molecule has 168 valence electrons. The van der Waals surface area contributed by atoms with Gasteiger partial charge in [-0.25, -0.2) is 9.50 Å². The van der Waals surface area contributed by atoms with Crippen molar-refractivity contribution >= 4 is 17.5 Å². The van der Waals surface area contributed by atoms with Crippen molar-refractivity contribution in [1.82, 2.24) is 24.4 Å². The standard InChI is InChI=1S/C23H33N5O3/c1-4-21(29)27-13-7-9-19(27)18-14-20-24-16(3)17(23(31)28(20)25-18)10-11-22(30)26-12-6-5-8-15(26)2/h14-15,19,25H,4-13H2,1-3H3. The molecule has 0 bridgehead atoms. The van der Waals surface area contributed by atoms with E-state index in [0.29, 0.717) is 36.2 Å². The van der Waals surface area contributed by atoms with E-state index in [1.54, 1.807) is 0 Å². The van der Waals surface area contributed by atoms with Crippen LogP contribution in [0, 0.1) is 6.92 Å². The minimum absolute atomic E-state index is 0.0422. The first-order valence-corrected chi connectivity index (χ1v) is 11.6. The number of nitrogens with one attached hydrogen (secondary N) is 1. The van der Waals surface area contributed by atoms with Crippen LogP contribution in [0.3, 0.4) is 0 Å². The summed E-state index contributed by atoms with van der Waals surface area (Å²) < 4.78 is 1.47. The Labute approximate surface area is 182 Å². The fourth-order valence-corrected chi connectivity index (χ4v) is 5.08. The number of likely N-dealkylation sites (tertiary alicyclic amines) is 2. The first-order valence-electron chi connectivity index (χ1n) is 11.6. The lowest BCUT2D eigenvalue weighted by atomic mass is 10.0. The van der Waals surface area contributed by atoms with Crippen LogP contribution in [-0.4, -0.2) is 55.3 Å². The fourth-order valence-electron chi connectivity index (χ4n) is 5.08. The molecular weight excluding hydrogens is 394 g/mol. The van der Waals surface area contributed by atoms with Crippen LogP contribution < -0.4 is 5.56 Å². The molecule has 1 N–H and O–H groups in total. The molecule has 2 aromatic heterocycles. The Kier molecular flexibility index (Phi) is 6.16. The molecule has 2 aromatic rings. The van der Waals surface area contributed by atoms with Crippen molar-refractivity contribution in [2.45, 2.75) is 84.2 Å². The minimum Gasteiger partial charge on any atom is -0.340 e. The second kappa shape index (κ2) is 8.85. The highest BCUT2D eigenvalue weighted by Crippen LogP contribution is 2.31. The molecule has 4 rings (SSSR count). The van der Waals surface area contributed by atoms with Crippen LogP contribution in [0.5, 0.6) is 0 Å². The minimum atomic E-state index is -0.153. The first kappa shape index (κ1) is 21.6. The molecular formula is C23H33N5O3. The Hall–Kier alpha value is -2.64. The molecule has 2 amide bonds. The van der Waals surface area contributed by atoms with Crippen molar-refractivity contribution in [1.29, 1.82) is 0 Å². The maximum absolute atomic E-state index is 13.2. The number of nitrogens with zero attached hydrogens (tertiary/aromatic N) is 4. The molecule has 8 heteroatoms. The van der Waals surface area contributed by atoms with Gasteiger partial charge in [-0.05, 0) is 52.4 Å². The van der Waals surface area contributed by atoms with Crippen LogP contribution >= 0.6 is 0 Å². The van der Waals surface area contributed by atoms with Gasteiger partial charge in [0.1, 0.15) is 0 Å². The summed E-state index contributed by atoms with van der Waals surface area (Å²) in [6.45, 7) is 7.36. The lowest BCUT2D eigenvalue weighted by molar-refractivity contribution is -0.134. The maximum atomic E-state index is 13.2. The second-order valence-corrected chi connectivity index (χ2v) is 8.92. The van der Waals surface area contributed by atoms with Gasteiger partial charge < -0.3 is 9.80 Å². The van der Waals surface area contributed by atoms with Gasteiger partial charge in [-0.3, -0.25) is 19.5 Å². The molecule has 0 saturated carbocycles. The van der Waals surface area contributed by atoms with E-state index >= 15 is 0 Å². The fraction of sp³-hybridized carbons (Fsp3) is 0.652. The van der Waals surface area contributed by atoms with Gasteiger partial charge in [0.25, 0.3) is 5.56 Å². The van der Waals surface area contributed by atoms with Crippen molar-refractivity contribution in [3.05, 3.63) is 33.4 Å². The van der Waals surface area contributed by atoms with Gasteiger partial charge >= 0.3 is 0 Å². The summed E-state index contributed by atoms with van der Waals surface area (Å²) in [5.41, 5.74) is 2.51. The Balaban J connectivity index is 1.56. The summed E-state index contributed by atoms with van der Waals surface area (Å²) >= 11 is 0. The number of carbonyl (C=O) groups excluding carboxylic acids is 2. The van der Waals surface area contributed by atoms with E-state index < -0.39 is 0 Å². The van der Waals surface area contributed by atoms with Crippen LogP contribution in [-0.2, 0) is 16.0 Å². The number of aromatic amines is 1. The molecule has 2 unspecified atom stereocenters. The monoisotopic (exact) mass is 427 g/mol. The summed E-state index contributed by atoms with van der Waals surface area (Å²) in [7, 11) is 0. The second-order valence-electron chi connectivity index (χ2n) is 8.92. The summed E-state index contributed by atoms with van der Waals surface area (Å²) in [4.78, 5) is 46.7. The van der Waals surface area contributed by atoms with Crippen molar-refractivity contribution in [2.24, 2.45) is 0 Å². The Morgan fingerprint density at radius 1 is 1.13 bits per heavy atom. The lowest BCUT2D eigenvalue weighted by Crippen LogP contribution is -2.42. The van der Waals surface area contributed by atoms with Gasteiger partial charge in [-0.1, -0.05) is 6.92 Å². The predicted molar refractivity (Wildman–Crippen MR) is 118 cm³/mol. The van der Waals surface area contributed by atoms with E-state index in [4.69, 9.17) is 0 Å².